The van der Waals surface area contributed by atoms with Crippen LogP contribution in [0.2, 0.25) is 5.02 Å². The molecule has 0 aliphatic heterocycles. The highest BCUT2D eigenvalue weighted by Crippen LogP contribution is 2.27. The van der Waals surface area contributed by atoms with Crippen LogP contribution in [0.25, 0.3) is 0 Å². The fourth-order valence-electron chi connectivity index (χ4n) is 4.51. The van der Waals surface area contributed by atoms with Crippen molar-refractivity contribution in [2.75, 3.05) is 17.9 Å². The molecule has 0 spiro atoms. The van der Waals surface area contributed by atoms with Crippen LogP contribution >= 0.6 is 11.6 Å². The Labute approximate surface area is 250 Å². The van der Waals surface area contributed by atoms with Gasteiger partial charge in [0.05, 0.1) is 10.6 Å². The molecule has 7 nitrogen and oxygen atoms in total. The van der Waals surface area contributed by atoms with Crippen molar-refractivity contribution in [3.63, 3.8) is 0 Å². The summed E-state index contributed by atoms with van der Waals surface area (Å²) in [6.07, 6.45) is 0.171. The van der Waals surface area contributed by atoms with Crippen molar-refractivity contribution in [1.82, 2.24) is 10.2 Å². The molecule has 4 rings (SSSR count). The van der Waals surface area contributed by atoms with Gasteiger partial charge >= 0.3 is 0 Å². The van der Waals surface area contributed by atoms with Gasteiger partial charge in [-0.2, -0.15) is 0 Å². The fraction of sp³-hybridized carbons (Fsp3) is 0.188. The smallest absolute Gasteiger partial charge is 0.264 e. The van der Waals surface area contributed by atoms with Crippen LogP contribution in [0.15, 0.2) is 108 Å². The highest BCUT2D eigenvalue weighted by atomic mass is 35.5. The summed E-state index contributed by atoms with van der Waals surface area (Å²) in [6, 6.07) is 26.4. The van der Waals surface area contributed by atoms with Crippen LogP contribution in [-0.2, 0) is 32.6 Å². The van der Waals surface area contributed by atoms with Gasteiger partial charge < -0.3 is 10.2 Å². The molecule has 0 saturated heterocycles. The van der Waals surface area contributed by atoms with Crippen LogP contribution in [0.5, 0.6) is 0 Å². The molecule has 1 unspecified atom stereocenters. The minimum absolute atomic E-state index is 0.0172. The van der Waals surface area contributed by atoms with E-state index in [9.17, 15) is 18.0 Å². The van der Waals surface area contributed by atoms with Crippen molar-refractivity contribution in [2.45, 2.75) is 30.8 Å². The molecule has 0 aliphatic rings. The predicted molar refractivity (Wildman–Crippen MR) is 162 cm³/mol. The minimum atomic E-state index is -4.38. The van der Waals surface area contributed by atoms with E-state index in [-0.39, 0.29) is 23.5 Å². The number of benzene rings is 4. The van der Waals surface area contributed by atoms with Crippen molar-refractivity contribution in [2.24, 2.45) is 0 Å². The van der Waals surface area contributed by atoms with E-state index >= 15 is 4.39 Å². The Morgan fingerprint density at radius 2 is 1.48 bits per heavy atom. The van der Waals surface area contributed by atoms with Crippen LogP contribution in [0.3, 0.4) is 0 Å². The van der Waals surface area contributed by atoms with Gasteiger partial charge in [0.2, 0.25) is 11.8 Å². The molecule has 0 fully saturated rings. The summed E-state index contributed by atoms with van der Waals surface area (Å²) >= 11 is 6.07. The number of carbonyl (C=O) groups is 2. The zero-order chi connectivity index (χ0) is 30.3. The maximum absolute atomic E-state index is 15.1. The number of halogens is 2. The number of aryl methyl sites for hydroxylation is 1. The van der Waals surface area contributed by atoms with Gasteiger partial charge in [0.15, 0.2) is 0 Å². The first-order valence-electron chi connectivity index (χ1n) is 13.2. The quantitative estimate of drug-likeness (QED) is 0.248. The summed E-state index contributed by atoms with van der Waals surface area (Å²) in [5, 5.41) is 3.12. The second kappa shape index (κ2) is 13.6. The van der Waals surface area contributed by atoms with Gasteiger partial charge in [-0.05, 0) is 54.4 Å². The van der Waals surface area contributed by atoms with Crippen LogP contribution in [-0.4, -0.2) is 44.8 Å². The molecular weight excluding hydrogens is 577 g/mol. The molecule has 2 amide bonds. The van der Waals surface area contributed by atoms with Crippen LogP contribution in [0.1, 0.15) is 16.7 Å². The van der Waals surface area contributed by atoms with Crippen molar-refractivity contribution in [3.05, 3.63) is 131 Å². The second-order valence-corrected chi connectivity index (χ2v) is 12.0. The largest absolute Gasteiger partial charge is 0.357 e. The molecule has 0 aromatic heterocycles. The Bertz CT molecular complexity index is 1630. The first kappa shape index (κ1) is 30.7. The Hall–Kier alpha value is -4.21. The highest BCUT2D eigenvalue weighted by molar-refractivity contribution is 7.92. The van der Waals surface area contributed by atoms with E-state index in [2.05, 4.69) is 5.32 Å². The standard InChI is InChI=1S/C32H31ClFN3O4S/c1-23-12-18-27(19-13-23)42(40,41)37(29-11-7-6-10-28(29)34)22-31(38)36(21-25-14-16-26(33)17-15-25)30(32(39)35-2)20-24-8-4-3-5-9-24/h3-19,30H,20-22H2,1-2H3,(H,35,39). The van der Waals surface area contributed by atoms with Gasteiger partial charge in [-0.15, -0.1) is 0 Å². The molecule has 1 N–H and O–H groups in total. The van der Waals surface area contributed by atoms with E-state index < -0.39 is 40.2 Å². The van der Waals surface area contributed by atoms with Crippen molar-refractivity contribution in [3.8, 4) is 0 Å². The first-order chi connectivity index (χ1) is 20.1. The summed E-state index contributed by atoms with van der Waals surface area (Å²) in [5.74, 6) is -1.93. The number of sulfonamides is 1. The topological polar surface area (TPSA) is 86.8 Å². The molecule has 42 heavy (non-hydrogen) atoms. The number of amides is 2. The average Bonchev–Trinajstić information content (AvgIpc) is 2.99. The van der Waals surface area contributed by atoms with E-state index in [4.69, 9.17) is 11.6 Å². The van der Waals surface area contributed by atoms with E-state index in [0.29, 0.717) is 10.6 Å². The van der Waals surface area contributed by atoms with Crippen LogP contribution in [0.4, 0.5) is 10.1 Å². The molecule has 1 atom stereocenters. The number of anilines is 1. The van der Waals surface area contributed by atoms with Gasteiger partial charge in [-0.3, -0.25) is 13.9 Å². The van der Waals surface area contributed by atoms with Crippen molar-refractivity contribution >= 4 is 39.1 Å². The van der Waals surface area contributed by atoms with Crippen molar-refractivity contribution < 1.29 is 22.4 Å². The van der Waals surface area contributed by atoms with Crippen LogP contribution < -0.4 is 9.62 Å². The second-order valence-electron chi connectivity index (χ2n) is 9.74. The third kappa shape index (κ3) is 7.35. The summed E-state index contributed by atoms with van der Waals surface area (Å²) in [4.78, 5) is 28.7. The zero-order valence-corrected chi connectivity index (χ0v) is 24.8. The number of nitrogens with zero attached hydrogens (tertiary/aromatic N) is 2. The molecule has 4 aromatic carbocycles. The third-order valence-electron chi connectivity index (χ3n) is 6.79. The zero-order valence-electron chi connectivity index (χ0n) is 23.2. The van der Waals surface area contributed by atoms with Gasteiger partial charge in [-0.25, -0.2) is 12.8 Å². The molecule has 0 heterocycles. The van der Waals surface area contributed by atoms with Gasteiger partial charge in [-0.1, -0.05) is 83.9 Å². The molecule has 4 aromatic rings. The van der Waals surface area contributed by atoms with Gasteiger partial charge in [0.1, 0.15) is 18.4 Å². The summed E-state index contributed by atoms with van der Waals surface area (Å²) in [7, 11) is -2.91. The lowest BCUT2D eigenvalue weighted by Crippen LogP contribution is -2.53. The molecule has 10 heteroatoms. The van der Waals surface area contributed by atoms with Crippen molar-refractivity contribution in [1.29, 1.82) is 0 Å². The maximum Gasteiger partial charge on any atom is 0.264 e. The molecule has 218 valence electrons. The lowest BCUT2D eigenvalue weighted by molar-refractivity contribution is -0.139. The molecule has 0 bridgehead atoms. The van der Waals surface area contributed by atoms with Crippen LogP contribution in [0, 0.1) is 12.7 Å². The number of carbonyl (C=O) groups excluding carboxylic acids is 2. The Balaban J connectivity index is 1.79. The fourth-order valence-corrected chi connectivity index (χ4v) is 6.06. The number of hydrogen-bond donors (Lipinski definition) is 1. The summed E-state index contributed by atoms with van der Waals surface area (Å²) in [6.45, 7) is 1.05. The Kier molecular flexibility index (Phi) is 9.98. The first-order valence-corrected chi connectivity index (χ1v) is 15.1. The average molecular weight is 608 g/mol. The Morgan fingerprint density at radius 1 is 0.857 bits per heavy atom. The normalized spacial score (nSPS) is 11.9. The van der Waals surface area contributed by atoms with Gasteiger partial charge in [0.25, 0.3) is 10.0 Å². The van der Waals surface area contributed by atoms with E-state index in [1.165, 1.54) is 42.3 Å². The van der Waals surface area contributed by atoms with E-state index in [1.54, 1.807) is 36.4 Å². The predicted octanol–water partition coefficient (Wildman–Crippen LogP) is 5.37. The molecule has 0 aliphatic carbocycles. The number of para-hydroxylation sites is 1. The monoisotopic (exact) mass is 607 g/mol. The SMILES string of the molecule is CNC(=O)C(Cc1ccccc1)N(Cc1ccc(Cl)cc1)C(=O)CN(c1ccccc1F)S(=O)(=O)c1ccc(C)cc1. The molecule has 0 saturated carbocycles. The highest BCUT2D eigenvalue weighted by Gasteiger charge is 2.35. The molecule has 0 radical (unpaired) electrons. The Morgan fingerprint density at radius 3 is 2.10 bits per heavy atom. The van der Waals surface area contributed by atoms with E-state index in [1.807, 2.05) is 37.3 Å². The summed E-state index contributed by atoms with van der Waals surface area (Å²) < 4.78 is 43.7. The molecular formula is C32H31ClFN3O4S. The number of rotatable bonds is 11. The van der Waals surface area contributed by atoms with E-state index in [0.717, 1.165) is 21.5 Å². The minimum Gasteiger partial charge on any atom is -0.357 e. The number of hydrogen-bond acceptors (Lipinski definition) is 4. The lowest BCUT2D eigenvalue weighted by atomic mass is 10.0. The van der Waals surface area contributed by atoms with Gasteiger partial charge in [0, 0.05) is 25.0 Å². The maximum atomic E-state index is 15.1. The lowest BCUT2D eigenvalue weighted by Gasteiger charge is -2.33. The number of likely N-dealkylation sites (N-methyl/N-ethyl adjacent to an activating group) is 1. The summed E-state index contributed by atoms with van der Waals surface area (Å²) in [5.41, 5.74) is 2.04. The number of nitrogens with one attached hydrogen (secondary N) is 1. The third-order valence-corrected chi connectivity index (χ3v) is 8.82.